The van der Waals surface area contributed by atoms with Crippen LogP contribution in [0.5, 0.6) is 0 Å². The molecule has 5 heteroatoms. The Bertz CT molecular complexity index is 950. The predicted molar refractivity (Wildman–Crippen MR) is 117 cm³/mol. The highest BCUT2D eigenvalue weighted by Gasteiger charge is 2.25. The molecule has 1 saturated heterocycles. The Balaban J connectivity index is 1.25. The van der Waals surface area contributed by atoms with Crippen molar-refractivity contribution in [1.29, 1.82) is 0 Å². The van der Waals surface area contributed by atoms with E-state index in [2.05, 4.69) is 27.3 Å². The van der Waals surface area contributed by atoms with Crippen LogP contribution in [0.1, 0.15) is 29.5 Å². The van der Waals surface area contributed by atoms with Gasteiger partial charge in [0.2, 0.25) is 5.91 Å². The second-order valence-electron chi connectivity index (χ2n) is 7.90. The van der Waals surface area contributed by atoms with Crippen molar-refractivity contribution in [2.75, 3.05) is 18.4 Å². The highest BCUT2D eigenvalue weighted by Crippen LogP contribution is 2.21. The number of hydrogen-bond donors (Lipinski definition) is 1. The average molecular weight is 404 g/mol. The van der Waals surface area contributed by atoms with E-state index in [9.17, 15) is 9.18 Å². The van der Waals surface area contributed by atoms with Gasteiger partial charge in [-0.2, -0.15) is 0 Å². The van der Waals surface area contributed by atoms with E-state index in [1.54, 1.807) is 12.4 Å². The summed E-state index contributed by atoms with van der Waals surface area (Å²) < 4.78 is 13.0. The Kier molecular flexibility index (Phi) is 6.50. The SMILES string of the molecule is O=C(Nc1ccc(Cc2ccncc2)cc1)C1CCN(Cc2ccc(F)cc2)CC1. The molecule has 4 nitrogen and oxygen atoms in total. The van der Waals surface area contributed by atoms with Gasteiger partial charge >= 0.3 is 0 Å². The van der Waals surface area contributed by atoms with Gasteiger partial charge in [-0.3, -0.25) is 14.7 Å². The number of nitrogens with zero attached hydrogens (tertiary/aromatic N) is 2. The third-order valence-electron chi connectivity index (χ3n) is 5.66. The molecule has 1 N–H and O–H groups in total. The normalized spacial score (nSPS) is 15.1. The molecule has 1 aromatic heterocycles. The number of piperidine rings is 1. The summed E-state index contributed by atoms with van der Waals surface area (Å²) in [6.07, 6.45) is 6.13. The molecule has 1 fully saturated rings. The lowest BCUT2D eigenvalue weighted by Gasteiger charge is -2.31. The van der Waals surface area contributed by atoms with Gasteiger partial charge in [-0.05, 0) is 85.4 Å². The zero-order valence-corrected chi connectivity index (χ0v) is 16.9. The van der Waals surface area contributed by atoms with Gasteiger partial charge in [0.25, 0.3) is 0 Å². The minimum absolute atomic E-state index is 0.0333. The van der Waals surface area contributed by atoms with Crippen LogP contribution >= 0.6 is 0 Å². The zero-order valence-electron chi connectivity index (χ0n) is 16.9. The quantitative estimate of drug-likeness (QED) is 0.651. The first-order valence-corrected chi connectivity index (χ1v) is 10.4. The van der Waals surface area contributed by atoms with Crippen molar-refractivity contribution >= 4 is 11.6 Å². The number of halogens is 1. The van der Waals surface area contributed by atoms with Crippen molar-refractivity contribution < 1.29 is 9.18 Å². The van der Waals surface area contributed by atoms with Crippen LogP contribution in [0.2, 0.25) is 0 Å². The molecule has 0 saturated carbocycles. The summed E-state index contributed by atoms with van der Waals surface area (Å²) in [5.41, 5.74) is 4.36. The van der Waals surface area contributed by atoms with E-state index in [0.29, 0.717) is 0 Å². The fraction of sp³-hybridized carbons (Fsp3) is 0.280. The minimum atomic E-state index is -0.209. The number of hydrogen-bond acceptors (Lipinski definition) is 3. The van der Waals surface area contributed by atoms with E-state index in [1.807, 2.05) is 36.4 Å². The number of likely N-dealkylation sites (tertiary alicyclic amines) is 1. The van der Waals surface area contributed by atoms with Gasteiger partial charge in [0.1, 0.15) is 5.82 Å². The summed E-state index contributed by atoms with van der Waals surface area (Å²) in [6, 6.07) is 18.7. The molecule has 3 aromatic rings. The number of pyridine rings is 1. The summed E-state index contributed by atoms with van der Waals surface area (Å²) in [7, 11) is 0. The van der Waals surface area contributed by atoms with E-state index in [1.165, 1.54) is 23.3 Å². The van der Waals surface area contributed by atoms with E-state index < -0.39 is 0 Å². The lowest BCUT2D eigenvalue weighted by atomic mass is 9.95. The number of anilines is 1. The largest absolute Gasteiger partial charge is 0.326 e. The van der Waals surface area contributed by atoms with Gasteiger partial charge in [0.15, 0.2) is 0 Å². The molecule has 30 heavy (non-hydrogen) atoms. The Hall–Kier alpha value is -3.05. The molecule has 0 aliphatic carbocycles. The van der Waals surface area contributed by atoms with Gasteiger partial charge in [-0.25, -0.2) is 4.39 Å². The minimum Gasteiger partial charge on any atom is -0.326 e. The molecule has 2 heterocycles. The molecule has 1 aliphatic rings. The third-order valence-corrected chi connectivity index (χ3v) is 5.66. The van der Waals surface area contributed by atoms with Crippen LogP contribution in [0.3, 0.4) is 0 Å². The second-order valence-corrected chi connectivity index (χ2v) is 7.90. The average Bonchev–Trinajstić information content (AvgIpc) is 2.78. The third kappa shape index (κ3) is 5.51. The number of aromatic nitrogens is 1. The van der Waals surface area contributed by atoms with Crippen molar-refractivity contribution in [2.24, 2.45) is 5.92 Å². The van der Waals surface area contributed by atoms with Crippen LogP contribution in [0, 0.1) is 11.7 Å². The molecule has 1 amide bonds. The Morgan fingerprint density at radius 1 is 0.900 bits per heavy atom. The smallest absolute Gasteiger partial charge is 0.227 e. The first-order valence-electron chi connectivity index (χ1n) is 10.4. The van der Waals surface area contributed by atoms with E-state index in [0.717, 1.165) is 50.1 Å². The number of rotatable bonds is 6. The monoisotopic (exact) mass is 403 g/mol. The molecule has 4 rings (SSSR count). The predicted octanol–water partition coefficient (Wildman–Crippen LogP) is 4.66. The number of benzene rings is 2. The molecule has 2 aromatic carbocycles. The molecule has 0 unspecified atom stereocenters. The van der Waals surface area contributed by atoms with Gasteiger partial charge in [0.05, 0.1) is 0 Å². The fourth-order valence-corrected chi connectivity index (χ4v) is 3.89. The number of amides is 1. The topological polar surface area (TPSA) is 45.2 Å². The van der Waals surface area contributed by atoms with Crippen LogP contribution in [0.25, 0.3) is 0 Å². The van der Waals surface area contributed by atoms with Crippen molar-refractivity contribution in [3.63, 3.8) is 0 Å². The molecule has 0 spiro atoms. The summed E-state index contributed by atoms with van der Waals surface area (Å²) in [6.45, 7) is 2.55. The summed E-state index contributed by atoms with van der Waals surface area (Å²) >= 11 is 0. The lowest BCUT2D eigenvalue weighted by Crippen LogP contribution is -2.37. The molecular weight excluding hydrogens is 377 g/mol. The second kappa shape index (κ2) is 9.63. The highest BCUT2D eigenvalue weighted by atomic mass is 19.1. The summed E-state index contributed by atoms with van der Waals surface area (Å²) in [5.74, 6) is -0.0798. The number of carbonyl (C=O) groups excluding carboxylic acids is 1. The first-order chi connectivity index (χ1) is 14.7. The van der Waals surface area contributed by atoms with Crippen LogP contribution in [0.15, 0.2) is 73.1 Å². The standard InChI is InChI=1S/C25H26FN3O/c26-23-5-1-21(2-6-23)18-29-15-11-22(12-16-29)25(30)28-24-7-3-19(4-8-24)17-20-9-13-27-14-10-20/h1-10,13-14,22H,11-12,15-18H2,(H,28,30). The highest BCUT2D eigenvalue weighted by molar-refractivity contribution is 5.92. The van der Waals surface area contributed by atoms with Crippen molar-refractivity contribution in [1.82, 2.24) is 9.88 Å². The van der Waals surface area contributed by atoms with E-state index >= 15 is 0 Å². The number of carbonyl (C=O) groups is 1. The van der Waals surface area contributed by atoms with Crippen LogP contribution < -0.4 is 5.32 Å². The molecule has 154 valence electrons. The lowest BCUT2D eigenvalue weighted by molar-refractivity contribution is -0.121. The maximum atomic E-state index is 13.0. The fourth-order valence-electron chi connectivity index (χ4n) is 3.89. The molecule has 0 bridgehead atoms. The maximum absolute atomic E-state index is 13.0. The Labute approximate surface area is 176 Å². The van der Waals surface area contributed by atoms with Crippen LogP contribution in [0.4, 0.5) is 10.1 Å². The van der Waals surface area contributed by atoms with E-state index in [4.69, 9.17) is 0 Å². The van der Waals surface area contributed by atoms with Gasteiger partial charge in [0, 0.05) is 30.5 Å². The van der Waals surface area contributed by atoms with Gasteiger partial charge in [-0.1, -0.05) is 24.3 Å². The van der Waals surface area contributed by atoms with Crippen molar-refractivity contribution in [3.05, 3.63) is 95.6 Å². The first kappa shape index (κ1) is 20.2. The summed E-state index contributed by atoms with van der Waals surface area (Å²) in [5, 5.41) is 3.06. The zero-order chi connectivity index (χ0) is 20.8. The van der Waals surface area contributed by atoms with Gasteiger partial charge in [-0.15, -0.1) is 0 Å². The number of nitrogens with one attached hydrogen (secondary N) is 1. The van der Waals surface area contributed by atoms with Crippen molar-refractivity contribution in [2.45, 2.75) is 25.8 Å². The maximum Gasteiger partial charge on any atom is 0.227 e. The molecule has 1 aliphatic heterocycles. The van der Waals surface area contributed by atoms with Crippen molar-refractivity contribution in [3.8, 4) is 0 Å². The van der Waals surface area contributed by atoms with Crippen LogP contribution in [-0.2, 0) is 17.8 Å². The molecule has 0 atom stereocenters. The summed E-state index contributed by atoms with van der Waals surface area (Å²) in [4.78, 5) is 19.0. The van der Waals surface area contributed by atoms with Crippen LogP contribution in [-0.4, -0.2) is 28.9 Å². The molecule has 0 radical (unpaired) electrons. The molecular formula is C25H26FN3O. The van der Waals surface area contributed by atoms with Gasteiger partial charge < -0.3 is 5.32 Å². The van der Waals surface area contributed by atoms with E-state index in [-0.39, 0.29) is 17.6 Å². The Morgan fingerprint density at radius 2 is 1.50 bits per heavy atom. The Morgan fingerprint density at radius 3 is 2.17 bits per heavy atom.